The molecule has 1 unspecified atom stereocenters. The number of amides is 2. The minimum atomic E-state index is -0.581. The molecule has 2 N–H and O–H groups in total. The summed E-state index contributed by atoms with van der Waals surface area (Å²) < 4.78 is 11.1. The summed E-state index contributed by atoms with van der Waals surface area (Å²) >= 11 is 0. The van der Waals surface area contributed by atoms with Crippen LogP contribution in [0.3, 0.4) is 0 Å². The van der Waals surface area contributed by atoms with Gasteiger partial charge < -0.3 is 20.1 Å². The number of carbonyl (C=O) groups excluding carboxylic acids is 2. The third-order valence-electron chi connectivity index (χ3n) is 4.55. The maximum atomic E-state index is 12.4. The fourth-order valence-electron chi connectivity index (χ4n) is 3.10. The Bertz CT molecular complexity index is 932. The van der Waals surface area contributed by atoms with Crippen molar-refractivity contribution in [2.75, 3.05) is 6.61 Å². The predicted molar refractivity (Wildman–Crippen MR) is 106 cm³/mol. The van der Waals surface area contributed by atoms with E-state index in [0.717, 1.165) is 22.4 Å². The summed E-state index contributed by atoms with van der Waals surface area (Å²) in [6.45, 7) is 7.71. The molecular weight excluding hydrogens is 356 g/mol. The number of urea groups is 1. The van der Waals surface area contributed by atoms with Crippen LogP contribution in [-0.2, 0) is 9.53 Å². The Balaban J connectivity index is 1.86. The first-order chi connectivity index (χ1) is 13.4. The van der Waals surface area contributed by atoms with E-state index < -0.39 is 12.0 Å². The maximum absolute atomic E-state index is 12.4. The van der Waals surface area contributed by atoms with Crippen LogP contribution in [0.4, 0.5) is 4.79 Å². The first-order valence-corrected chi connectivity index (χ1v) is 9.19. The fourth-order valence-corrected chi connectivity index (χ4v) is 3.10. The molecule has 3 rings (SSSR count). The smallest absolute Gasteiger partial charge is 0.338 e. The van der Waals surface area contributed by atoms with Crippen molar-refractivity contribution in [2.24, 2.45) is 0 Å². The number of aryl methyl sites for hydroxylation is 2. The van der Waals surface area contributed by atoms with Crippen molar-refractivity contribution in [3.05, 3.63) is 70.4 Å². The Morgan fingerprint density at radius 2 is 1.79 bits per heavy atom. The zero-order valence-corrected chi connectivity index (χ0v) is 16.5. The standard InChI is InChI=1S/C22H24N2O4/c1-5-27-21(25)19-15(4)23-22(26)24-20(19)16-8-10-17(11-9-16)28-18-12-13(2)6-7-14(18)3/h6-12,20H,5H2,1-4H3,(H2,23,24,26). The molecule has 1 heterocycles. The monoisotopic (exact) mass is 380 g/mol. The summed E-state index contributed by atoms with van der Waals surface area (Å²) in [7, 11) is 0. The van der Waals surface area contributed by atoms with Crippen LogP contribution in [-0.4, -0.2) is 18.6 Å². The van der Waals surface area contributed by atoms with Crippen LogP contribution in [0.1, 0.15) is 36.6 Å². The number of nitrogens with one attached hydrogen (secondary N) is 2. The van der Waals surface area contributed by atoms with E-state index >= 15 is 0 Å². The van der Waals surface area contributed by atoms with Gasteiger partial charge in [0.2, 0.25) is 0 Å². The molecule has 1 aliphatic heterocycles. The quantitative estimate of drug-likeness (QED) is 0.759. The summed E-state index contributed by atoms with van der Waals surface area (Å²) in [5, 5.41) is 5.42. The van der Waals surface area contributed by atoms with Crippen molar-refractivity contribution in [3.8, 4) is 11.5 Å². The average Bonchev–Trinajstić information content (AvgIpc) is 2.65. The molecular formula is C22H24N2O4. The van der Waals surface area contributed by atoms with Crippen molar-refractivity contribution in [3.63, 3.8) is 0 Å². The van der Waals surface area contributed by atoms with E-state index in [-0.39, 0.29) is 12.6 Å². The number of carbonyl (C=O) groups is 2. The van der Waals surface area contributed by atoms with Crippen LogP contribution in [0.2, 0.25) is 0 Å². The van der Waals surface area contributed by atoms with Gasteiger partial charge in [-0.2, -0.15) is 0 Å². The highest BCUT2D eigenvalue weighted by molar-refractivity contribution is 5.95. The molecule has 0 bridgehead atoms. The molecule has 0 aromatic heterocycles. The topological polar surface area (TPSA) is 76.7 Å². The van der Waals surface area contributed by atoms with Crippen molar-refractivity contribution in [1.29, 1.82) is 0 Å². The summed E-state index contributed by atoms with van der Waals surface area (Å²) in [5.41, 5.74) is 3.82. The molecule has 146 valence electrons. The van der Waals surface area contributed by atoms with Crippen molar-refractivity contribution >= 4 is 12.0 Å². The Hall–Kier alpha value is -3.28. The molecule has 1 aliphatic rings. The summed E-state index contributed by atoms with van der Waals surface area (Å²) in [6, 6.07) is 12.4. The van der Waals surface area contributed by atoms with Gasteiger partial charge in [-0.1, -0.05) is 24.3 Å². The van der Waals surface area contributed by atoms with E-state index in [9.17, 15) is 9.59 Å². The Morgan fingerprint density at radius 3 is 2.46 bits per heavy atom. The van der Waals surface area contributed by atoms with Gasteiger partial charge in [-0.25, -0.2) is 9.59 Å². The minimum Gasteiger partial charge on any atom is -0.463 e. The van der Waals surface area contributed by atoms with Gasteiger partial charge in [-0.3, -0.25) is 0 Å². The van der Waals surface area contributed by atoms with Gasteiger partial charge in [-0.15, -0.1) is 0 Å². The highest BCUT2D eigenvalue weighted by Gasteiger charge is 2.32. The third kappa shape index (κ3) is 4.17. The summed E-state index contributed by atoms with van der Waals surface area (Å²) in [5.74, 6) is 1.02. The number of allylic oxidation sites excluding steroid dienone is 1. The lowest BCUT2D eigenvalue weighted by Crippen LogP contribution is -2.45. The van der Waals surface area contributed by atoms with E-state index in [2.05, 4.69) is 10.6 Å². The number of esters is 1. The second-order valence-electron chi connectivity index (χ2n) is 6.73. The van der Waals surface area contributed by atoms with Gasteiger partial charge in [0.25, 0.3) is 0 Å². The van der Waals surface area contributed by atoms with Crippen molar-refractivity contribution < 1.29 is 19.1 Å². The van der Waals surface area contributed by atoms with Crippen molar-refractivity contribution in [2.45, 2.75) is 33.7 Å². The molecule has 6 nitrogen and oxygen atoms in total. The van der Waals surface area contributed by atoms with Crippen molar-refractivity contribution in [1.82, 2.24) is 10.6 Å². The molecule has 0 saturated carbocycles. The molecule has 0 aliphatic carbocycles. The molecule has 0 radical (unpaired) electrons. The lowest BCUT2D eigenvalue weighted by molar-refractivity contribution is -0.139. The zero-order chi connectivity index (χ0) is 20.3. The van der Waals surface area contributed by atoms with Gasteiger partial charge in [0.1, 0.15) is 11.5 Å². The molecule has 28 heavy (non-hydrogen) atoms. The van der Waals surface area contributed by atoms with E-state index in [0.29, 0.717) is 17.0 Å². The van der Waals surface area contributed by atoms with E-state index in [4.69, 9.17) is 9.47 Å². The second-order valence-corrected chi connectivity index (χ2v) is 6.73. The molecule has 0 saturated heterocycles. The number of hydrogen-bond donors (Lipinski definition) is 2. The predicted octanol–water partition coefficient (Wildman–Crippen LogP) is 4.29. The third-order valence-corrected chi connectivity index (χ3v) is 4.55. The van der Waals surface area contributed by atoms with Gasteiger partial charge in [-0.05, 0) is 62.6 Å². The van der Waals surface area contributed by atoms with Gasteiger partial charge in [0.15, 0.2) is 0 Å². The number of benzene rings is 2. The lowest BCUT2D eigenvalue weighted by atomic mass is 9.95. The number of rotatable bonds is 5. The first kappa shape index (κ1) is 19.5. The molecule has 2 aromatic carbocycles. The largest absolute Gasteiger partial charge is 0.463 e. The van der Waals surface area contributed by atoms with Crippen LogP contribution >= 0.6 is 0 Å². The summed E-state index contributed by atoms with van der Waals surface area (Å²) in [4.78, 5) is 24.3. The van der Waals surface area contributed by atoms with Crippen LogP contribution in [0, 0.1) is 13.8 Å². The average molecular weight is 380 g/mol. The molecule has 2 aromatic rings. The highest BCUT2D eigenvalue weighted by atomic mass is 16.5. The Labute approximate surface area is 164 Å². The second kappa shape index (κ2) is 8.17. The van der Waals surface area contributed by atoms with Crippen LogP contribution in [0.15, 0.2) is 53.7 Å². The normalized spacial score (nSPS) is 16.3. The SMILES string of the molecule is CCOC(=O)C1=C(C)NC(=O)NC1c1ccc(Oc2cc(C)ccc2C)cc1. The van der Waals surface area contributed by atoms with Crippen LogP contribution in [0.25, 0.3) is 0 Å². The highest BCUT2D eigenvalue weighted by Crippen LogP contribution is 2.31. The Morgan fingerprint density at radius 1 is 1.07 bits per heavy atom. The van der Waals surface area contributed by atoms with Crippen LogP contribution in [0.5, 0.6) is 11.5 Å². The van der Waals surface area contributed by atoms with Gasteiger partial charge in [0.05, 0.1) is 18.2 Å². The lowest BCUT2D eigenvalue weighted by Gasteiger charge is -2.28. The Kier molecular flexibility index (Phi) is 5.68. The minimum absolute atomic E-state index is 0.263. The number of hydrogen-bond acceptors (Lipinski definition) is 4. The van der Waals surface area contributed by atoms with E-state index in [1.54, 1.807) is 13.8 Å². The van der Waals surface area contributed by atoms with E-state index in [1.807, 2.05) is 56.3 Å². The molecule has 6 heteroatoms. The molecule has 0 spiro atoms. The molecule has 0 fully saturated rings. The van der Waals surface area contributed by atoms with E-state index in [1.165, 1.54) is 0 Å². The zero-order valence-electron chi connectivity index (χ0n) is 16.5. The fraction of sp³-hybridized carbons (Fsp3) is 0.273. The van der Waals surface area contributed by atoms with Gasteiger partial charge >= 0.3 is 12.0 Å². The maximum Gasteiger partial charge on any atom is 0.338 e. The van der Waals surface area contributed by atoms with Gasteiger partial charge in [0, 0.05) is 5.70 Å². The first-order valence-electron chi connectivity index (χ1n) is 9.19. The summed E-state index contributed by atoms with van der Waals surface area (Å²) in [6.07, 6.45) is 0. The molecule has 1 atom stereocenters. The number of ether oxygens (including phenoxy) is 2. The molecule has 2 amide bonds. The van der Waals surface area contributed by atoms with Crippen LogP contribution < -0.4 is 15.4 Å².